The SMILES string of the molecule is O=S(=O)=[C]c1ccccc1F. The van der Waals surface area contributed by atoms with Crippen molar-refractivity contribution in [3.8, 4) is 0 Å². The third kappa shape index (κ3) is 2.16. The van der Waals surface area contributed by atoms with Crippen LogP contribution in [0, 0.1) is 5.82 Å². The molecule has 0 fully saturated rings. The lowest BCUT2D eigenvalue weighted by atomic mass is 10.2. The Morgan fingerprint density at radius 3 is 2.45 bits per heavy atom. The number of benzene rings is 1. The lowest BCUT2D eigenvalue weighted by Gasteiger charge is -1.89. The molecule has 1 radical (unpaired) electrons. The standard InChI is InChI=1S/C7H4FO2S/c8-7-4-2-1-3-6(7)5-11(9)10/h1-4H. The molecular formula is C7H4FO2S. The largest absolute Gasteiger partial charge is 0.223 e. The minimum absolute atomic E-state index is 0.0409. The van der Waals surface area contributed by atoms with Crippen LogP contribution in [0.3, 0.4) is 0 Å². The van der Waals surface area contributed by atoms with Crippen LogP contribution in [0.4, 0.5) is 4.39 Å². The summed E-state index contributed by atoms with van der Waals surface area (Å²) in [6.07, 6.45) is 0. The van der Waals surface area contributed by atoms with Crippen LogP contribution in [0.5, 0.6) is 0 Å². The molecule has 0 aliphatic carbocycles. The first-order valence-corrected chi connectivity index (χ1v) is 3.88. The first-order valence-electron chi connectivity index (χ1n) is 2.80. The average molecular weight is 171 g/mol. The van der Waals surface area contributed by atoms with Crippen LogP contribution in [-0.4, -0.2) is 13.8 Å². The van der Waals surface area contributed by atoms with E-state index in [0.717, 1.165) is 0 Å². The van der Waals surface area contributed by atoms with Gasteiger partial charge in [-0.1, -0.05) is 18.2 Å². The molecule has 2 nitrogen and oxygen atoms in total. The van der Waals surface area contributed by atoms with E-state index in [1.54, 1.807) is 0 Å². The van der Waals surface area contributed by atoms with Gasteiger partial charge in [0.15, 0.2) is 0 Å². The second-order valence-electron chi connectivity index (χ2n) is 1.82. The van der Waals surface area contributed by atoms with E-state index in [-0.39, 0.29) is 5.56 Å². The van der Waals surface area contributed by atoms with Crippen LogP contribution in [0.15, 0.2) is 24.3 Å². The van der Waals surface area contributed by atoms with Gasteiger partial charge in [0.25, 0.3) is 0 Å². The average Bonchev–Trinajstić information content (AvgIpc) is 1.93. The Morgan fingerprint density at radius 1 is 1.27 bits per heavy atom. The molecule has 0 saturated carbocycles. The van der Waals surface area contributed by atoms with Crippen molar-refractivity contribution in [2.75, 3.05) is 0 Å². The highest BCUT2D eigenvalue weighted by molar-refractivity contribution is 7.71. The van der Waals surface area contributed by atoms with Gasteiger partial charge in [0, 0.05) is 5.56 Å². The summed E-state index contributed by atoms with van der Waals surface area (Å²) in [6, 6.07) is 5.53. The molecule has 0 saturated heterocycles. The lowest BCUT2D eigenvalue weighted by molar-refractivity contribution is 0.622. The van der Waals surface area contributed by atoms with Gasteiger partial charge in [0.2, 0.25) is 10.3 Å². The molecule has 57 valence electrons. The van der Waals surface area contributed by atoms with Crippen LogP contribution in [0.25, 0.3) is 0 Å². The van der Waals surface area contributed by atoms with E-state index in [0.29, 0.717) is 0 Å². The summed E-state index contributed by atoms with van der Waals surface area (Å²) in [4.78, 5) is 0. The van der Waals surface area contributed by atoms with Gasteiger partial charge < -0.3 is 0 Å². The van der Waals surface area contributed by atoms with Gasteiger partial charge in [-0.25, -0.2) is 4.39 Å². The molecule has 0 N–H and O–H groups in total. The third-order valence-corrected chi connectivity index (χ3v) is 1.45. The smallest absolute Gasteiger partial charge is 0.206 e. The second-order valence-corrected chi connectivity index (χ2v) is 2.49. The predicted octanol–water partition coefficient (Wildman–Crippen LogP) is 0.732. The molecule has 1 aromatic rings. The summed E-state index contributed by atoms with van der Waals surface area (Å²) in [7, 11) is -2.47. The number of rotatable bonds is 1. The van der Waals surface area contributed by atoms with E-state index >= 15 is 0 Å². The maximum Gasteiger partial charge on any atom is 0.223 e. The van der Waals surface area contributed by atoms with Crippen molar-refractivity contribution in [1.29, 1.82) is 0 Å². The maximum absolute atomic E-state index is 12.6. The fraction of sp³-hybridized carbons (Fsp3) is 0. The van der Waals surface area contributed by atoms with Crippen molar-refractivity contribution in [3.63, 3.8) is 0 Å². The first-order chi connectivity index (χ1) is 5.20. The van der Waals surface area contributed by atoms with Gasteiger partial charge in [-0.3, -0.25) is 0 Å². The summed E-state index contributed by atoms with van der Waals surface area (Å²) in [5.41, 5.74) is -0.0409. The Hall–Kier alpha value is -1.16. The molecule has 0 aliphatic heterocycles. The Labute approximate surface area is 64.8 Å². The highest BCUT2D eigenvalue weighted by atomic mass is 32.2. The van der Waals surface area contributed by atoms with E-state index < -0.39 is 16.1 Å². The minimum Gasteiger partial charge on any atom is -0.206 e. The van der Waals surface area contributed by atoms with Crippen molar-refractivity contribution in [3.05, 3.63) is 35.6 Å². The molecule has 0 atom stereocenters. The second kappa shape index (κ2) is 3.30. The molecule has 0 amide bonds. The zero-order valence-corrected chi connectivity index (χ0v) is 6.23. The monoisotopic (exact) mass is 171 g/mol. The van der Waals surface area contributed by atoms with Crippen LogP contribution in [-0.2, 0) is 10.3 Å². The zero-order chi connectivity index (χ0) is 8.27. The van der Waals surface area contributed by atoms with Gasteiger partial charge >= 0.3 is 0 Å². The van der Waals surface area contributed by atoms with Crippen molar-refractivity contribution >= 4 is 15.7 Å². The Bertz CT molecular complexity index is 373. The molecule has 1 aromatic carbocycles. The molecule has 0 aliphatic rings. The maximum atomic E-state index is 12.6. The van der Waals surface area contributed by atoms with E-state index in [1.165, 1.54) is 24.3 Å². The van der Waals surface area contributed by atoms with Gasteiger partial charge in [-0.2, -0.15) is 8.42 Å². The van der Waals surface area contributed by atoms with Gasteiger partial charge in [0.05, 0.1) is 0 Å². The van der Waals surface area contributed by atoms with Crippen molar-refractivity contribution in [2.45, 2.75) is 0 Å². The molecule has 0 spiro atoms. The molecule has 11 heavy (non-hydrogen) atoms. The molecule has 0 aromatic heterocycles. The van der Waals surface area contributed by atoms with Crippen LogP contribution in [0.1, 0.15) is 5.56 Å². The highest BCUT2D eigenvalue weighted by Crippen LogP contribution is 2.01. The van der Waals surface area contributed by atoms with Gasteiger partial charge in [0.1, 0.15) is 11.2 Å². The summed E-state index contributed by atoms with van der Waals surface area (Å²) in [5.74, 6) is -0.586. The Kier molecular flexibility index (Phi) is 2.38. The summed E-state index contributed by atoms with van der Waals surface area (Å²) >= 11 is 0. The fourth-order valence-corrected chi connectivity index (χ4v) is 0.979. The van der Waals surface area contributed by atoms with Crippen LogP contribution >= 0.6 is 0 Å². The molecule has 1 rings (SSSR count). The van der Waals surface area contributed by atoms with Gasteiger partial charge in [-0.05, 0) is 6.07 Å². The van der Waals surface area contributed by atoms with Crippen LogP contribution < -0.4 is 0 Å². The van der Waals surface area contributed by atoms with E-state index in [9.17, 15) is 12.8 Å². The molecule has 0 bridgehead atoms. The van der Waals surface area contributed by atoms with Crippen LogP contribution in [0.2, 0.25) is 0 Å². The zero-order valence-electron chi connectivity index (χ0n) is 5.41. The molecule has 0 heterocycles. The number of hydrogen-bond acceptors (Lipinski definition) is 2. The van der Waals surface area contributed by atoms with Gasteiger partial charge in [-0.15, -0.1) is 0 Å². The lowest BCUT2D eigenvalue weighted by Crippen LogP contribution is -1.86. The predicted molar refractivity (Wildman–Crippen MR) is 39.4 cm³/mol. The quantitative estimate of drug-likeness (QED) is 0.584. The molecular weight excluding hydrogens is 167 g/mol. The number of halogens is 1. The van der Waals surface area contributed by atoms with Crippen molar-refractivity contribution < 1.29 is 12.8 Å². The van der Waals surface area contributed by atoms with E-state index in [1.807, 2.05) is 5.37 Å². The summed E-state index contributed by atoms with van der Waals surface area (Å²) in [5, 5.41) is 1.91. The first kappa shape index (κ1) is 7.94. The van der Waals surface area contributed by atoms with E-state index in [4.69, 9.17) is 0 Å². The van der Waals surface area contributed by atoms with E-state index in [2.05, 4.69) is 0 Å². The fourth-order valence-electron chi connectivity index (χ4n) is 0.634. The molecule has 0 unspecified atom stereocenters. The molecule has 4 heteroatoms. The highest BCUT2D eigenvalue weighted by Gasteiger charge is 1.96. The van der Waals surface area contributed by atoms with Crippen molar-refractivity contribution in [1.82, 2.24) is 0 Å². The number of hydrogen-bond donors (Lipinski definition) is 0. The van der Waals surface area contributed by atoms with Crippen molar-refractivity contribution in [2.24, 2.45) is 0 Å². The summed E-state index contributed by atoms with van der Waals surface area (Å²) < 4.78 is 32.7. The normalized spacial score (nSPS) is 9.18. The summed E-state index contributed by atoms with van der Waals surface area (Å²) in [6.45, 7) is 0. The third-order valence-electron chi connectivity index (χ3n) is 1.07. The Morgan fingerprint density at radius 2 is 1.91 bits per heavy atom. The minimum atomic E-state index is -2.47. The Balaban J connectivity index is 3.25. The topological polar surface area (TPSA) is 34.1 Å².